The fourth-order valence-electron chi connectivity index (χ4n) is 3.29. The maximum atomic E-state index is 12.7. The van der Waals surface area contributed by atoms with Crippen molar-refractivity contribution in [2.75, 3.05) is 39.4 Å². The number of morpholine rings is 1. The molecule has 1 aromatic rings. The van der Waals surface area contributed by atoms with Crippen molar-refractivity contribution in [2.45, 2.75) is 17.7 Å². The van der Waals surface area contributed by atoms with Gasteiger partial charge >= 0.3 is 0 Å². The van der Waals surface area contributed by atoms with Crippen molar-refractivity contribution in [1.82, 2.24) is 9.21 Å². The zero-order chi connectivity index (χ0) is 18.7. The van der Waals surface area contributed by atoms with Crippen molar-refractivity contribution in [3.8, 4) is 0 Å². The maximum Gasteiger partial charge on any atom is 0.270 e. The molecule has 142 valence electrons. The van der Waals surface area contributed by atoms with Gasteiger partial charge in [-0.3, -0.25) is 14.9 Å². The number of sulfonamides is 1. The monoisotopic (exact) mass is 383 g/mol. The Bertz CT molecular complexity index is 783. The zero-order valence-corrected chi connectivity index (χ0v) is 15.1. The number of piperidine rings is 1. The van der Waals surface area contributed by atoms with Crippen LogP contribution in [0.5, 0.6) is 0 Å². The topological polar surface area (TPSA) is 110 Å². The molecule has 0 N–H and O–H groups in total. The van der Waals surface area contributed by atoms with Gasteiger partial charge in [0, 0.05) is 44.2 Å². The first-order chi connectivity index (χ1) is 12.4. The molecule has 1 amide bonds. The number of non-ortho nitro benzene ring substituents is 1. The Labute approximate surface area is 151 Å². The summed E-state index contributed by atoms with van der Waals surface area (Å²) in [6, 6.07) is 5.04. The van der Waals surface area contributed by atoms with Gasteiger partial charge < -0.3 is 9.64 Å². The lowest BCUT2D eigenvalue weighted by Crippen LogP contribution is -2.47. The van der Waals surface area contributed by atoms with E-state index in [2.05, 4.69) is 0 Å². The van der Waals surface area contributed by atoms with Crippen LogP contribution in [-0.4, -0.2) is 67.8 Å². The zero-order valence-electron chi connectivity index (χ0n) is 14.2. The molecule has 2 saturated heterocycles. The van der Waals surface area contributed by atoms with Gasteiger partial charge in [-0.15, -0.1) is 0 Å². The van der Waals surface area contributed by atoms with E-state index in [1.54, 1.807) is 4.90 Å². The number of amides is 1. The number of hydrogen-bond donors (Lipinski definition) is 0. The molecule has 0 bridgehead atoms. The van der Waals surface area contributed by atoms with Gasteiger partial charge in [-0.2, -0.15) is 4.31 Å². The number of nitro groups is 1. The van der Waals surface area contributed by atoms with Gasteiger partial charge in [-0.25, -0.2) is 8.42 Å². The molecule has 3 rings (SSSR count). The number of nitrogens with zero attached hydrogens (tertiary/aromatic N) is 3. The van der Waals surface area contributed by atoms with Gasteiger partial charge in [0.1, 0.15) is 0 Å². The summed E-state index contributed by atoms with van der Waals surface area (Å²) in [7, 11) is -3.81. The minimum absolute atomic E-state index is 0.0562. The van der Waals surface area contributed by atoms with Crippen LogP contribution in [0.1, 0.15) is 12.8 Å². The minimum Gasteiger partial charge on any atom is -0.378 e. The highest BCUT2D eigenvalue weighted by Gasteiger charge is 2.34. The van der Waals surface area contributed by atoms with Crippen LogP contribution in [0.3, 0.4) is 0 Å². The molecular formula is C16H21N3O6S. The Kier molecular flexibility index (Phi) is 5.54. The molecule has 0 atom stereocenters. The lowest BCUT2D eigenvalue weighted by Gasteiger charge is -2.35. The Morgan fingerprint density at radius 3 is 2.42 bits per heavy atom. The van der Waals surface area contributed by atoms with E-state index in [1.807, 2.05) is 0 Å². The van der Waals surface area contributed by atoms with Gasteiger partial charge in [0.15, 0.2) is 0 Å². The molecule has 1 aromatic carbocycles. The van der Waals surface area contributed by atoms with Gasteiger partial charge in [0.2, 0.25) is 15.9 Å². The van der Waals surface area contributed by atoms with Crippen LogP contribution in [0.2, 0.25) is 0 Å². The van der Waals surface area contributed by atoms with E-state index in [-0.39, 0.29) is 35.5 Å². The van der Waals surface area contributed by atoms with Crippen molar-refractivity contribution in [2.24, 2.45) is 5.92 Å². The molecular weight excluding hydrogens is 362 g/mol. The maximum absolute atomic E-state index is 12.7. The predicted molar refractivity (Wildman–Crippen MR) is 92.0 cm³/mol. The fraction of sp³-hybridized carbons (Fsp3) is 0.562. The van der Waals surface area contributed by atoms with Crippen molar-refractivity contribution in [3.05, 3.63) is 34.4 Å². The predicted octanol–water partition coefficient (Wildman–Crippen LogP) is 0.854. The van der Waals surface area contributed by atoms with E-state index in [1.165, 1.54) is 22.5 Å². The number of carbonyl (C=O) groups excluding carboxylic acids is 1. The van der Waals surface area contributed by atoms with Crippen LogP contribution >= 0.6 is 0 Å². The largest absolute Gasteiger partial charge is 0.378 e. The Balaban J connectivity index is 1.66. The second-order valence-electron chi connectivity index (χ2n) is 6.37. The third-order valence-corrected chi connectivity index (χ3v) is 6.69. The lowest BCUT2D eigenvalue weighted by molar-refractivity contribution is -0.385. The van der Waals surface area contributed by atoms with Crippen LogP contribution in [0.25, 0.3) is 0 Å². The van der Waals surface area contributed by atoms with E-state index in [0.717, 1.165) is 6.07 Å². The highest BCUT2D eigenvalue weighted by molar-refractivity contribution is 7.89. The minimum atomic E-state index is -3.81. The second kappa shape index (κ2) is 7.68. The molecule has 0 unspecified atom stereocenters. The molecule has 26 heavy (non-hydrogen) atoms. The quantitative estimate of drug-likeness (QED) is 0.563. The third kappa shape index (κ3) is 3.87. The Hall–Kier alpha value is -2.04. The fourth-order valence-corrected chi connectivity index (χ4v) is 4.80. The SMILES string of the molecule is O=C(C1CCN(S(=O)(=O)c2cccc([N+](=O)[O-])c2)CC1)N1CCOCC1. The molecule has 2 aliphatic rings. The van der Waals surface area contributed by atoms with Crippen LogP contribution < -0.4 is 0 Å². The summed E-state index contributed by atoms with van der Waals surface area (Å²) < 4.78 is 32.0. The number of benzene rings is 1. The first-order valence-corrected chi connectivity index (χ1v) is 9.95. The lowest BCUT2D eigenvalue weighted by atomic mass is 9.96. The normalized spacial score (nSPS) is 20.1. The Morgan fingerprint density at radius 1 is 1.15 bits per heavy atom. The summed E-state index contributed by atoms with van der Waals surface area (Å²) in [6.45, 7) is 2.67. The van der Waals surface area contributed by atoms with E-state index < -0.39 is 14.9 Å². The molecule has 0 spiro atoms. The van der Waals surface area contributed by atoms with Crippen LogP contribution in [0.4, 0.5) is 5.69 Å². The molecule has 9 nitrogen and oxygen atoms in total. The van der Waals surface area contributed by atoms with E-state index in [4.69, 9.17) is 4.74 Å². The van der Waals surface area contributed by atoms with Gasteiger partial charge in [-0.1, -0.05) is 6.07 Å². The molecule has 0 aliphatic carbocycles. The van der Waals surface area contributed by atoms with E-state index in [0.29, 0.717) is 39.1 Å². The molecule has 0 saturated carbocycles. The van der Waals surface area contributed by atoms with Crippen molar-refractivity contribution in [1.29, 1.82) is 0 Å². The van der Waals surface area contributed by atoms with Crippen molar-refractivity contribution >= 4 is 21.6 Å². The summed E-state index contributed by atoms with van der Waals surface area (Å²) in [5.74, 6) is -0.134. The Morgan fingerprint density at radius 2 is 1.81 bits per heavy atom. The molecule has 10 heteroatoms. The highest BCUT2D eigenvalue weighted by atomic mass is 32.2. The molecule has 2 aliphatic heterocycles. The van der Waals surface area contributed by atoms with E-state index in [9.17, 15) is 23.3 Å². The molecule has 0 aromatic heterocycles. The summed E-state index contributed by atoms with van der Waals surface area (Å²) in [4.78, 5) is 24.5. The second-order valence-corrected chi connectivity index (χ2v) is 8.31. The third-order valence-electron chi connectivity index (χ3n) is 4.79. The molecule has 2 fully saturated rings. The molecule has 2 heterocycles. The first-order valence-electron chi connectivity index (χ1n) is 8.51. The van der Waals surface area contributed by atoms with Gasteiger partial charge in [0.25, 0.3) is 5.69 Å². The number of ether oxygens (including phenoxy) is 1. The van der Waals surface area contributed by atoms with Crippen LogP contribution in [0.15, 0.2) is 29.2 Å². The number of rotatable bonds is 4. The highest BCUT2D eigenvalue weighted by Crippen LogP contribution is 2.27. The van der Waals surface area contributed by atoms with Gasteiger partial charge in [0.05, 0.1) is 23.0 Å². The number of hydrogen-bond acceptors (Lipinski definition) is 6. The first kappa shape index (κ1) is 18.7. The van der Waals surface area contributed by atoms with Crippen LogP contribution in [0, 0.1) is 16.0 Å². The van der Waals surface area contributed by atoms with Gasteiger partial charge in [-0.05, 0) is 18.9 Å². The van der Waals surface area contributed by atoms with Crippen molar-refractivity contribution in [3.63, 3.8) is 0 Å². The average Bonchev–Trinajstić information content (AvgIpc) is 2.68. The van der Waals surface area contributed by atoms with Crippen LogP contribution in [-0.2, 0) is 19.6 Å². The summed E-state index contributed by atoms with van der Waals surface area (Å²) in [6.07, 6.45) is 0.898. The average molecular weight is 383 g/mol. The summed E-state index contributed by atoms with van der Waals surface area (Å²) in [5.41, 5.74) is -0.261. The summed E-state index contributed by atoms with van der Waals surface area (Å²) >= 11 is 0. The van der Waals surface area contributed by atoms with E-state index >= 15 is 0 Å². The number of nitro benzene ring substituents is 1. The van der Waals surface area contributed by atoms with Crippen molar-refractivity contribution < 1.29 is 22.9 Å². The molecule has 0 radical (unpaired) electrons. The smallest absolute Gasteiger partial charge is 0.270 e. The summed E-state index contributed by atoms with van der Waals surface area (Å²) in [5, 5.41) is 10.9. The number of carbonyl (C=O) groups is 1. The standard InChI is InChI=1S/C16H21N3O6S/c20-16(17-8-10-25-11-9-17)13-4-6-18(7-5-13)26(23,24)15-3-1-2-14(12-15)19(21)22/h1-3,12-13H,4-11H2.